The quantitative estimate of drug-likeness (QED) is 0.549. The van der Waals surface area contributed by atoms with Crippen LogP contribution in [-0.2, 0) is 20.7 Å². The van der Waals surface area contributed by atoms with Crippen molar-refractivity contribution >= 4 is 28.5 Å². The Labute approximate surface area is 150 Å². The lowest BCUT2D eigenvalue weighted by atomic mass is 10.1. The second-order valence-corrected chi connectivity index (χ2v) is 5.67. The molecule has 0 atom stereocenters. The van der Waals surface area contributed by atoms with Gasteiger partial charge in [0, 0.05) is 22.8 Å². The Hall–Kier alpha value is -3.59. The van der Waals surface area contributed by atoms with Crippen LogP contribution >= 0.6 is 0 Å². The molecular formula is C20H17N3O3. The van der Waals surface area contributed by atoms with E-state index in [-0.39, 0.29) is 13.0 Å². The van der Waals surface area contributed by atoms with E-state index < -0.39 is 18.5 Å². The molecule has 3 rings (SSSR count). The minimum atomic E-state index is -0.493. The third-order valence-electron chi connectivity index (χ3n) is 3.96. The Morgan fingerprint density at radius 3 is 2.58 bits per heavy atom. The molecule has 1 heterocycles. The van der Waals surface area contributed by atoms with Gasteiger partial charge in [0.2, 0.25) is 0 Å². The molecule has 0 aliphatic carbocycles. The summed E-state index contributed by atoms with van der Waals surface area (Å²) in [6.07, 6.45) is 1.83. The summed E-state index contributed by atoms with van der Waals surface area (Å²) in [4.78, 5) is 28.8. The number of carbonyl (C=O) groups excluding carboxylic acids is 2. The SMILES string of the molecule is N#CCN(C(=O)COC(=O)Cc1c[nH]c2ccccc12)c1ccccc1. The average Bonchev–Trinajstić information content (AvgIpc) is 3.08. The van der Waals surface area contributed by atoms with Crippen LogP contribution in [0.25, 0.3) is 10.9 Å². The van der Waals surface area contributed by atoms with E-state index in [1.165, 1.54) is 4.90 Å². The zero-order chi connectivity index (χ0) is 18.4. The van der Waals surface area contributed by atoms with Gasteiger partial charge in [0.05, 0.1) is 12.5 Å². The second kappa shape index (κ2) is 7.99. The van der Waals surface area contributed by atoms with Crippen LogP contribution in [0.5, 0.6) is 0 Å². The van der Waals surface area contributed by atoms with Crippen LogP contribution in [0.15, 0.2) is 60.8 Å². The van der Waals surface area contributed by atoms with Crippen molar-refractivity contribution in [3.8, 4) is 6.07 Å². The molecule has 0 bridgehead atoms. The minimum Gasteiger partial charge on any atom is -0.455 e. The van der Waals surface area contributed by atoms with Crippen molar-refractivity contribution in [1.29, 1.82) is 5.26 Å². The highest BCUT2D eigenvalue weighted by atomic mass is 16.5. The van der Waals surface area contributed by atoms with E-state index in [1.807, 2.05) is 36.4 Å². The molecule has 130 valence electrons. The number of carbonyl (C=O) groups is 2. The van der Waals surface area contributed by atoms with Gasteiger partial charge in [0.15, 0.2) is 6.61 Å². The number of H-pyrrole nitrogens is 1. The first-order chi connectivity index (χ1) is 12.7. The number of rotatable bonds is 6. The Morgan fingerprint density at radius 2 is 1.81 bits per heavy atom. The number of hydrogen-bond donors (Lipinski definition) is 1. The summed E-state index contributed by atoms with van der Waals surface area (Å²) in [7, 11) is 0. The Bertz CT molecular complexity index is 957. The molecule has 1 amide bonds. The van der Waals surface area contributed by atoms with Gasteiger partial charge < -0.3 is 9.72 Å². The summed E-state index contributed by atoms with van der Waals surface area (Å²) in [6.45, 7) is -0.513. The predicted molar refractivity (Wildman–Crippen MR) is 97.4 cm³/mol. The van der Waals surface area contributed by atoms with Gasteiger partial charge in [-0.05, 0) is 23.8 Å². The molecule has 0 aliphatic rings. The van der Waals surface area contributed by atoms with Crippen LogP contribution in [0.1, 0.15) is 5.56 Å². The maximum Gasteiger partial charge on any atom is 0.310 e. The molecule has 0 saturated carbocycles. The van der Waals surface area contributed by atoms with Gasteiger partial charge in [-0.25, -0.2) is 0 Å². The first-order valence-corrected chi connectivity index (χ1v) is 8.12. The number of amides is 1. The maximum absolute atomic E-state index is 12.3. The third-order valence-corrected chi connectivity index (χ3v) is 3.96. The van der Waals surface area contributed by atoms with Crippen molar-refractivity contribution in [2.45, 2.75) is 6.42 Å². The van der Waals surface area contributed by atoms with Gasteiger partial charge in [0.25, 0.3) is 5.91 Å². The zero-order valence-electron chi connectivity index (χ0n) is 14.0. The van der Waals surface area contributed by atoms with Crippen LogP contribution in [0.4, 0.5) is 5.69 Å². The fraction of sp³-hybridized carbons (Fsp3) is 0.150. The van der Waals surface area contributed by atoms with Crippen molar-refractivity contribution in [1.82, 2.24) is 4.98 Å². The predicted octanol–water partition coefficient (Wildman–Crippen LogP) is 2.81. The normalized spacial score (nSPS) is 10.3. The van der Waals surface area contributed by atoms with Gasteiger partial charge in [0.1, 0.15) is 6.54 Å². The number of fused-ring (bicyclic) bond motifs is 1. The lowest BCUT2D eigenvalue weighted by Gasteiger charge is -2.19. The smallest absolute Gasteiger partial charge is 0.310 e. The summed E-state index contributed by atoms with van der Waals surface area (Å²) < 4.78 is 5.12. The molecule has 0 aliphatic heterocycles. The van der Waals surface area contributed by atoms with Crippen molar-refractivity contribution in [2.75, 3.05) is 18.1 Å². The third kappa shape index (κ3) is 3.90. The van der Waals surface area contributed by atoms with E-state index in [0.29, 0.717) is 5.69 Å². The Morgan fingerprint density at radius 1 is 1.08 bits per heavy atom. The minimum absolute atomic E-state index is 0.0703. The molecular weight excluding hydrogens is 330 g/mol. The van der Waals surface area contributed by atoms with Crippen molar-refractivity contribution in [3.63, 3.8) is 0 Å². The van der Waals surface area contributed by atoms with Crippen molar-refractivity contribution in [2.24, 2.45) is 0 Å². The number of hydrogen-bond acceptors (Lipinski definition) is 4. The number of ether oxygens (including phenoxy) is 1. The molecule has 0 spiro atoms. The van der Waals surface area contributed by atoms with E-state index in [0.717, 1.165) is 16.5 Å². The first kappa shape index (κ1) is 17.2. The molecule has 1 aromatic heterocycles. The number of aromatic nitrogens is 1. The molecule has 0 fully saturated rings. The molecule has 1 N–H and O–H groups in total. The molecule has 0 saturated heterocycles. The topological polar surface area (TPSA) is 86.2 Å². The molecule has 6 heteroatoms. The van der Waals surface area contributed by atoms with Crippen LogP contribution in [-0.4, -0.2) is 30.0 Å². The summed E-state index contributed by atoms with van der Waals surface area (Å²) in [5.41, 5.74) is 2.34. The molecule has 26 heavy (non-hydrogen) atoms. The number of nitriles is 1. The Balaban J connectivity index is 1.61. The molecule has 0 unspecified atom stereocenters. The van der Waals surface area contributed by atoms with E-state index in [9.17, 15) is 9.59 Å². The first-order valence-electron chi connectivity index (χ1n) is 8.12. The summed E-state index contributed by atoms with van der Waals surface area (Å²) >= 11 is 0. The van der Waals surface area contributed by atoms with E-state index in [4.69, 9.17) is 10.00 Å². The second-order valence-electron chi connectivity index (χ2n) is 5.67. The zero-order valence-corrected chi connectivity index (χ0v) is 14.0. The fourth-order valence-corrected chi connectivity index (χ4v) is 2.71. The van der Waals surface area contributed by atoms with Gasteiger partial charge >= 0.3 is 5.97 Å². The van der Waals surface area contributed by atoms with E-state index in [2.05, 4.69) is 4.98 Å². The van der Waals surface area contributed by atoms with Gasteiger partial charge in [-0.2, -0.15) is 5.26 Å². The number of aromatic amines is 1. The number of nitrogens with zero attached hydrogens (tertiary/aromatic N) is 2. The van der Waals surface area contributed by atoms with Gasteiger partial charge in [-0.3, -0.25) is 14.5 Å². The van der Waals surface area contributed by atoms with Crippen LogP contribution in [0.2, 0.25) is 0 Å². The summed E-state index contributed by atoms with van der Waals surface area (Å²) in [5.74, 6) is -0.932. The molecule has 3 aromatic rings. The highest BCUT2D eigenvalue weighted by Crippen LogP contribution is 2.18. The summed E-state index contributed by atoms with van der Waals surface area (Å²) in [5, 5.41) is 9.89. The van der Waals surface area contributed by atoms with Gasteiger partial charge in [-0.1, -0.05) is 36.4 Å². The summed E-state index contributed by atoms with van der Waals surface area (Å²) in [6, 6.07) is 18.4. The Kier molecular flexibility index (Phi) is 5.30. The fourth-order valence-electron chi connectivity index (χ4n) is 2.71. The molecule has 2 aromatic carbocycles. The monoisotopic (exact) mass is 347 g/mol. The molecule has 6 nitrogen and oxygen atoms in total. The lowest BCUT2D eigenvalue weighted by molar-refractivity contribution is -0.147. The standard InChI is InChI=1S/C20H17N3O3/c21-10-11-23(16-6-2-1-3-7-16)19(24)14-26-20(25)12-15-13-22-18-9-5-4-8-17(15)18/h1-9,13,22H,11-12,14H2. The van der Waals surface area contributed by atoms with E-state index in [1.54, 1.807) is 30.5 Å². The maximum atomic E-state index is 12.3. The van der Waals surface area contributed by atoms with Gasteiger partial charge in [-0.15, -0.1) is 0 Å². The number of esters is 1. The lowest BCUT2D eigenvalue weighted by Crippen LogP contribution is -2.35. The number of anilines is 1. The highest BCUT2D eigenvalue weighted by Gasteiger charge is 2.18. The average molecular weight is 347 g/mol. The van der Waals surface area contributed by atoms with Crippen LogP contribution < -0.4 is 4.90 Å². The number of benzene rings is 2. The van der Waals surface area contributed by atoms with Crippen molar-refractivity contribution in [3.05, 3.63) is 66.4 Å². The number of nitrogens with one attached hydrogen (secondary N) is 1. The highest BCUT2D eigenvalue weighted by molar-refractivity contribution is 5.96. The van der Waals surface area contributed by atoms with Crippen molar-refractivity contribution < 1.29 is 14.3 Å². The van der Waals surface area contributed by atoms with Crippen LogP contribution in [0, 0.1) is 11.3 Å². The largest absolute Gasteiger partial charge is 0.455 e. The molecule has 0 radical (unpaired) electrons. The van der Waals surface area contributed by atoms with Crippen LogP contribution in [0.3, 0.4) is 0 Å². The number of para-hydroxylation sites is 2. The van der Waals surface area contributed by atoms with E-state index >= 15 is 0 Å².